The van der Waals surface area contributed by atoms with Gasteiger partial charge in [0.05, 0.1) is 38.7 Å². The van der Waals surface area contributed by atoms with Crippen molar-refractivity contribution < 1.29 is 23.0 Å². The topological polar surface area (TPSA) is 69.6 Å². The lowest BCUT2D eigenvalue weighted by atomic mass is 10.1. The molecule has 7 nitrogen and oxygen atoms in total. The fourth-order valence-electron chi connectivity index (χ4n) is 3.34. The predicted molar refractivity (Wildman–Crippen MR) is 111 cm³/mol. The molecule has 0 bridgehead atoms. The van der Waals surface area contributed by atoms with Crippen molar-refractivity contribution in [1.82, 2.24) is 15.0 Å². The third-order valence-electron chi connectivity index (χ3n) is 4.85. The van der Waals surface area contributed by atoms with Crippen molar-refractivity contribution in [2.75, 3.05) is 51.7 Å². The summed E-state index contributed by atoms with van der Waals surface area (Å²) >= 11 is 1.41. The number of hydrogen-bond donors (Lipinski definition) is 0. The van der Waals surface area contributed by atoms with Crippen LogP contribution in [0.2, 0.25) is 0 Å². The van der Waals surface area contributed by atoms with Crippen molar-refractivity contribution in [3.63, 3.8) is 0 Å². The number of methoxy groups -OCH3 is 2. The molecular formula is C20H20F2N4O3S. The highest BCUT2D eigenvalue weighted by Gasteiger charge is 2.25. The standard InChI is InChI=1S/C20H20F2N4O3S/c1-27-13-9-14(28-2)17(22)15(16(13)21)12-8-11-10-23-20(30-3)25-18(11)19(24-12)26-4-6-29-7-5-26/h8-10H,4-7H2,1-3H3. The van der Waals surface area contributed by atoms with Crippen molar-refractivity contribution in [3.05, 3.63) is 30.0 Å². The summed E-state index contributed by atoms with van der Waals surface area (Å²) in [5, 5.41) is 1.21. The predicted octanol–water partition coefficient (Wildman–Crippen LogP) is 3.55. The SMILES string of the molecule is COc1cc(OC)c(F)c(-c2cc3cnc(SC)nc3c(N3CCOCC3)n2)c1F. The first-order valence-electron chi connectivity index (χ1n) is 9.22. The Balaban J connectivity index is 1.99. The molecule has 1 saturated heterocycles. The van der Waals surface area contributed by atoms with Crippen LogP contribution in [0.4, 0.5) is 14.6 Å². The highest BCUT2D eigenvalue weighted by molar-refractivity contribution is 7.98. The Bertz CT molecular complexity index is 1070. The molecule has 3 aromatic rings. The number of ether oxygens (including phenoxy) is 3. The molecule has 4 rings (SSSR count). The second-order valence-electron chi connectivity index (χ2n) is 6.51. The molecule has 0 unspecified atom stereocenters. The second-order valence-corrected chi connectivity index (χ2v) is 7.28. The lowest BCUT2D eigenvalue weighted by Crippen LogP contribution is -2.37. The maximum Gasteiger partial charge on any atom is 0.187 e. The van der Waals surface area contributed by atoms with Crippen LogP contribution >= 0.6 is 11.8 Å². The summed E-state index contributed by atoms with van der Waals surface area (Å²) in [5.74, 6) is -1.43. The van der Waals surface area contributed by atoms with E-state index in [1.54, 1.807) is 12.3 Å². The van der Waals surface area contributed by atoms with Gasteiger partial charge in [-0.3, -0.25) is 0 Å². The van der Waals surface area contributed by atoms with Gasteiger partial charge in [0.1, 0.15) is 5.52 Å². The van der Waals surface area contributed by atoms with E-state index in [0.29, 0.717) is 48.2 Å². The van der Waals surface area contributed by atoms with Gasteiger partial charge in [-0.2, -0.15) is 0 Å². The Morgan fingerprint density at radius 3 is 2.30 bits per heavy atom. The van der Waals surface area contributed by atoms with Crippen molar-refractivity contribution in [3.8, 4) is 22.8 Å². The average Bonchev–Trinajstić information content (AvgIpc) is 2.79. The molecule has 2 aromatic heterocycles. The lowest BCUT2D eigenvalue weighted by molar-refractivity contribution is 0.122. The molecule has 0 radical (unpaired) electrons. The van der Waals surface area contributed by atoms with Gasteiger partial charge in [0.15, 0.2) is 34.1 Å². The van der Waals surface area contributed by atoms with Gasteiger partial charge in [-0.15, -0.1) is 0 Å². The Hall–Kier alpha value is -2.72. The van der Waals surface area contributed by atoms with E-state index in [2.05, 4.69) is 15.0 Å². The molecule has 1 aromatic carbocycles. The minimum Gasteiger partial charge on any atom is -0.494 e. The minimum atomic E-state index is -0.850. The van der Waals surface area contributed by atoms with Gasteiger partial charge in [0.25, 0.3) is 0 Å². The fraction of sp³-hybridized carbons (Fsp3) is 0.350. The molecule has 1 fully saturated rings. The van der Waals surface area contributed by atoms with Gasteiger partial charge < -0.3 is 19.1 Å². The quantitative estimate of drug-likeness (QED) is 0.446. The molecule has 30 heavy (non-hydrogen) atoms. The molecule has 0 atom stereocenters. The highest BCUT2D eigenvalue weighted by Crippen LogP contribution is 2.39. The molecule has 158 valence electrons. The molecule has 0 amide bonds. The smallest absolute Gasteiger partial charge is 0.187 e. The van der Waals surface area contributed by atoms with Crippen LogP contribution in [0.3, 0.4) is 0 Å². The maximum atomic E-state index is 15.1. The summed E-state index contributed by atoms with van der Waals surface area (Å²) in [6.07, 6.45) is 3.52. The Kier molecular flexibility index (Phi) is 5.87. The Morgan fingerprint density at radius 2 is 1.70 bits per heavy atom. The number of morpholine rings is 1. The van der Waals surface area contributed by atoms with Crippen LogP contribution in [0.15, 0.2) is 23.5 Å². The monoisotopic (exact) mass is 434 g/mol. The van der Waals surface area contributed by atoms with Crippen molar-refractivity contribution in [2.45, 2.75) is 5.16 Å². The number of nitrogens with zero attached hydrogens (tertiary/aromatic N) is 4. The fourth-order valence-corrected chi connectivity index (χ4v) is 3.68. The summed E-state index contributed by atoms with van der Waals surface area (Å²) in [7, 11) is 2.62. The number of fused-ring (bicyclic) bond motifs is 1. The summed E-state index contributed by atoms with van der Waals surface area (Å²) in [6, 6.07) is 2.75. The lowest BCUT2D eigenvalue weighted by Gasteiger charge is -2.29. The zero-order chi connectivity index (χ0) is 21.3. The maximum absolute atomic E-state index is 15.1. The molecular weight excluding hydrogens is 414 g/mol. The number of pyridine rings is 1. The second kappa shape index (κ2) is 8.57. The molecule has 0 spiro atoms. The van der Waals surface area contributed by atoms with Gasteiger partial charge in [0, 0.05) is 30.7 Å². The number of anilines is 1. The van der Waals surface area contributed by atoms with E-state index in [0.717, 1.165) is 0 Å². The molecule has 1 aliphatic heterocycles. The number of benzene rings is 1. The first-order chi connectivity index (χ1) is 14.6. The molecule has 0 N–H and O–H groups in total. The van der Waals surface area contributed by atoms with E-state index in [9.17, 15) is 0 Å². The largest absolute Gasteiger partial charge is 0.494 e. The van der Waals surface area contributed by atoms with Gasteiger partial charge >= 0.3 is 0 Å². The van der Waals surface area contributed by atoms with Crippen molar-refractivity contribution in [1.29, 1.82) is 0 Å². The zero-order valence-electron chi connectivity index (χ0n) is 16.7. The molecule has 1 aliphatic rings. The molecule has 10 heteroatoms. The van der Waals surface area contributed by atoms with Gasteiger partial charge in [0.2, 0.25) is 0 Å². The van der Waals surface area contributed by atoms with E-state index >= 15 is 8.78 Å². The summed E-state index contributed by atoms with van der Waals surface area (Å²) in [5.41, 5.74) is 0.406. The normalized spacial score (nSPS) is 14.2. The third kappa shape index (κ3) is 3.61. The summed E-state index contributed by atoms with van der Waals surface area (Å²) in [4.78, 5) is 15.5. The van der Waals surface area contributed by atoms with Crippen LogP contribution < -0.4 is 14.4 Å². The first-order valence-corrected chi connectivity index (χ1v) is 10.4. The molecule has 0 aliphatic carbocycles. The number of halogens is 2. The van der Waals surface area contributed by atoms with Crippen LogP contribution in [0.5, 0.6) is 11.5 Å². The van der Waals surface area contributed by atoms with Crippen LogP contribution in [-0.2, 0) is 4.74 Å². The van der Waals surface area contributed by atoms with E-state index in [-0.39, 0.29) is 22.8 Å². The zero-order valence-corrected chi connectivity index (χ0v) is 17.6. The number of thioether (sulfide) groups is 1. The van der Waals surface area contributed by atoms with Crippen LogP contribution in [-0.4, -0.2) is 61.7 Å². The van der Waals surface area contributed by atoms with Crippen molar-refractivity contribution in [2.24, 2.45) is 0 Å². The Morgan fingerprint density at radius 1 is 1.03 bits per heavy atom. The molecule has 0 saturated carbocycles. The van der Waals surface area contributed by atoms with E-state index in [4.69, 9.17) is 14.2 Å². The number of rotatable bonds is 5. The van der Waals surface area contributed by atoms with E-state index in [1.807, 2.05) is 11.2 Å². The van der Waals surface area contributed by atoms with Crippen LogP contribution in [0.25, 0.3) is 22.2 Å². The van der Waals surface area contributed by atoms with Crippen LogP contribution in [0.1, 0.15) is 0 Å². The van der Waals surface area contributed by atoms with Gasteiger partial charge in [-0.05, 0) is 12.3 Å². The highest BCUT2D eigenvalue weighted by atomic mass is 32.2. The van der Waals surface area contributed by atoms with Crippen LogP contribution in [0, 0.1) is 11.6 Å². The van der Waals surface area contributed by atoms with E-state index < -0.39 is 11.6 Å². The van der Waals surface area contributed by atoms with Crippen molar-refractivity contribution >= 4 is 28.5 Å². The third-order valence-corrected chi connectivity index (χ3v) is 5.41. The van der Waals surface area contributed by atoms with Gasteiger partial charge in [-0.1, -0.05) is 11.8 Å². The number of hydrogen-bond acceptors (Lipinski definition) is 8. The minimum absolute atomic E-state index is 0.108. The van der Waals surface area contributed by atoms with E-state index in [1.165, 1.54) is 32.0 Å². The summed E-state index contributed by atoms with van der Waals surface area (Å²) in [6.45, 7) is 2.25. The number of aromatic nitrogens is 3. The van der Waals surface area contributed by atoms with Gasteiger partial charge in [-0.25, -0.2) is 23.7 Å². The average molecular weight is 434 g/mol. The molecule has 3 heterocycles. The summed E-state index contributed by atoms with van der Waals surface area (Å²) < 4.78 is 45.8. The first kappa shape index (κ1) is 20.5. The Labute approximate surface area is 176 Å².